The molecule has 0 amide bonds. The Labute approximate surface area is 112 Å². The maximum Gasteiger partial charge on any atom is 0.0716 e. The average molecular weight is 246 g/mol. The lowest BCUT2D eigenvalue weighted by Gasteiger charge is -2.02. The molecule has 0 aromatic heterocycles. The van der Waals surface area contributed by atoms with Gasteiger partial charge in [-0.3, -0.25) is 0 Å². The molecule has 0 heterocycles. The summed E-state index contributed by atoms with van der Waals surface area (Å²) in [6, 6.07) is 10.4. The van der Waals surface area contributed by atoms with E-state index in [0.29, 0.717) is 0 Å². The van der Waals surface area contributed by atoms with Gasteiger partial charge >= 0.3 is 0 Å². The van der Waals surface area contributed by atoms with Gasteiger partial charge in [-0.05, 0) is 31.2 Å². The lowest BCUT2D eigenvalue weighted by atomic mass is 10.2. The van der Waals surface area contributed by atoms with Gasteiger partial charge in [0, 0.05) is 6.61 Å². The number of ether oxygens (including phenoxy) is 1. The summed E-state index contributed by atoms with van der Waals surface area (Å²) in [5, 5.41) is 0. The molecule has 0 unspecified atom stereocenters. The Kier molecular flexibility index (Phi) is 9.18. The van der Waals surface area contributed by atoms with Gasteiger partial charge in [0.2, 0.25) is 0 Å². The molecule has 0 aliphatic heterocycles. The number of hydrogen-bond acceptors (Lipinski definition) is 1. The zero-order valence-corrected chi connectivity index (χ0v) is 11.6. The zero-order chi connectivity index (χ0) is 12.9. The fourth-order valence-electron chi connectivity index (χ4n) is 1.82. The predicted octanol–water partition coefficient (Wildman–Crippen LogP) is 5.12. The highest BCUT2D eigenvalue weighted by molar-refractivity contribution is 5.13. The van der Waals surface area contributed by atoms with Gasteiger partial charge in [-0.15, -0.1) is 0 Å². The lowest BCUT2D eigenvalue weighted by Crippen LogP contribution is -1.94. The summed E-state index contributed by atoms with van der Waals surface area (Å²) in [5.41, 5.74) is 1.26. The van der Waals surface area contributed by atoms with Crippen LogP contribution in [0, 0.1) is 0 Å². The molecule has 0 aliphatic carbocycles. The van der Waals surface area contributed by atoms with Gasteiger partial charge in [0.15, 0.2) is 0 Å². The standard InChI is InChI=1S/C17H26O/c1-2-3-4-5-6-7-8-12-15-18-16-17-13-10-9-11-14-17/h6-7,9-11,13-14H,2-5,8,12,15-16H2,1H3/b7-6+. The molecule has 0 atom stereocenters. The zero-order valence-electron chi connectivity index (χ0n) is 11.6. The van der Waals surface area contributed by atoms with Crippen molar-refractivity contribution >= 4 is 0 Å². The summed E-state index contributed by atoms with van der Waals surface area (Å²) in [6.45, 7) is 3.84. The van der Waals surface area contributed by atoms with Crippen LogP contribution in [0.2, 0.25) is 0 Å². The van der Waals surface area contributed by atoms with Gasteiger partial charge in [0.25, 0.3) is 0 Å². The number of allylic oxidation sites excluding steroid dienone is 2. The summed E-state index contributed by atoms with van der Waals surface area (Å²) < 4.78 is 5.63. The SMILES string of the molecule is CCCCC/C=C/CCCOCc1ccccc1. The van der Waals surface area contributed by atoms with E-state index in [0.717, 1.165) is 26.1 Å². The normalized spacial score (nSPS) is 11.2. The van der Waals surface area contributed by atoms with E-state index in [9.17, 15) is 0 Å². The van der Waals surface area contributed by atoms with Gasteiger partial charge in [0.05, 0.1) is 6.61 Å². The highest BCUT2D eigenvalue weighted by Gasteiger charge is 1.91. The maximum atomic E-state index is 5.63. The van der Waals surface area contributed by atoms with Crippen molar-refractivity contribution in [1.82, 2.24) is 0 Å². The highest BCUT2D eigenvalue weighted by Crippen LogP contribution is 2.03. The lowest BCUT2D eigenvalue weighted by molar-refractivity contribution is 0.119. The van der Waals surface area contributed by atoms with Crippen molar-refractivity contribution in [3.05, 3.63) is 48.0 Å². The van der Waals surface area contributed by atoms with Crippen molar-refractivity contribution in [3.8, 4) is 0 Å². The summed E-state index contributed by atoms with van der Waals surface area (Å²) in [5.74, 6) is 0. The van der Waals surface area contributed by atoms with Gasteiger partial charge in [-0.25, -0.2) is 0 Å². The molecule has 1 heteroatoms. The van der Waals surface area contributed by atoms with Crippen molar-refractivity contribution in [3.63, 3.8) is 0 Å². The highest BCUT2D eigenvalue weighted by atomic mass is 16.5. The molecular formula is C17H26O. The van der Waals surface area contributed by atoms with E-state index < -0.39 is 0 Å². The van der Waals surface area contributed by atoms with E-state index in [-0.39, 0.29) is 0 Å². The quantitative estimate of drug-likeness (QED) is 0.411. The topological polar surface area (TPSA) is 9.23 Å². The fraction of sp³-hybridized carbons (Fsp3) is 0.529. The third kappa shape index (κ3) is 8.08. The Morgan fingerprint density at radius 1 is 0.944 bits per heavy atom. The fourth-order valence-corrected chi connectivity index (χ4v) is 1.82. The smallest absolute Gasteiger partial charge is 0.0716 e. The molecule has 1 aromatic carbocycles. The van der Waals surface area contributed by atoms with E-state index in [4.69, 9.17) is 4.74 Å². The first kappa shape index (κ1) is 15.0. The largest absolute Gasteiger partial charge is 0.377 e. The molecule has 1 aromatic rings. The molecule has 0 fully saturated rings. The summed E-state index contributed by atoms with van der Waals surface area (Å²) in [6.07, 6.45) is 12.1. The third-order valence-corrected chi connectivity index (χ3v) is 2.91. The minimum absolute atomic E-state index is 0.737. The molecule has 0 saturated heterocycles. The molecule has 0 aliphatic rings. The minimum Gasteiger partial charge on any atom is -0.377 e. The van der Waals surface area contributed by atoms with Crippen molar-refractivity contribution < 1.29 is 4.74 Å². The van der Waals surface area contributed by atoms with Crippen LogP contribution in [-0.2, 0) is 11.3 Å². The number of hydrogen-bond donors (Lipinski definition) is 0. The summed E-state index contributed by atoms with van der Waals surface area (Å²) >= 11 is 0. The molecule has 100 valence electrons. The average Bonchev–Trinajstić information content (AvgIpc) is 2.42. The molecule has 0 radical (unpaired) electrons. The molecule has 1 nitrogen and oxygen atoms in total. The Morgan fingerprint density at radius 3 is 2.39 bits per heavy atom. The van der Waals surface area contributed by atoms with Gasteiger partial charge < -0.3 is 4.74 Å². The Balaban J connectivity index is 1.90. The number of unbranched alkanes of at least 4 members (excludes halogenated alkanes) is 4. The molecule has 18 heavy (non-hydrogen) atoms. The first-order valence-electron chi connectivity index (χ1n) is 7.20. The van der Waals surface area contributed by atoms with E-state index in [1.54, 1.807) is 0 Å². The Morgan fingerprint density at radius 2 is 1.67 bits per heavy atom. The summed E-state index contributed by atoms with van der Waals surface area (Å²) in [4.78, 5) is 0. The molecule has 1 rings (SSSR count). The van der Waals surface area contributed by atoms with Gasteiger partial charge in [0.1, 0.15) is 0 Å². The summed E-state index contributed by atoms with van der Waals surface area (Å²) in [7, 11) is 0. The van der Waals surface area contributed by atoms with Crippen LogP contribution in [0.15, 0.2) is 42.5 Å². The van der Waals surface area contributed by atoms with Crippen LogP contribution in [-0.4, -0.2) is 6.61 Å². The van der Waals surface area contributed by atoms with E-state index in [2.05, 4.69) is 43.3 Å². The maximum absolute atomic E-state index is 5.63. The third-order valence-electron chi connectivity index (χ3n) is 2.91. The van der Waals surface area contributed by atoms with E-state index in [1.165, 1.54) is 31.2 Å². The van der Waals surface area contributed by atoms with Crippen molar-refractivity contribution in [2.24, 2.45) is 0 Å². The van der Waals surface area contributed by atoms with E-state index in [1.807, 2.05) is 6.07 Å². The molecule has 0 spiro atoms. The second-order valence-corrected chi connectivity index (χ2v) is 4.65. The first-order valence-corrected chi connectivity index (χ1v) is 7.20. The van der Waals surface area contributed by atoms with Crippen LogP contribution in [0.5, 0.6) is 0 Å². The molecule has 0 saturated carbocycles. The van der Waals surface area contributed by atoms with Gasteiger partial charge in [-0.2, -0.15) is 0 Å². The first-order chi connectivity index (χ1) is 8.93. The van der Waals surface area contributed by atoms with Crippen molar-refractivity contribution in [2.45, 2.75) is 52.1 Å². The van der Waals surface area contributed by atoms with Crippen LogP contribution < -0.4 is 0 Å². The Bertz CT molecular complexity index is 303. The van der Waals surface area contributed by atoms with Crippen molar-refractivity contribution in [1.29, 1.82) is 0 Å². The molecule has 0 bridgehead atoms. The van der Waals surface area contributed by atoms with Crippen LogP contribution in [0.1, 0.15) is 51.0 Å². The molecule has 0 N–H and O–H groups in total. The number of benzene rings is 1. The van der Waals surface area contributed by atoms with Crippen LogP contribution in [0.25, 0.3) is 0 Å². The van der Waals surface area contributed by atoms with Crippen molar-refractivity contribution in [2.75, 3.05) is 6.61 Å². The minimum atomic E-state index is 0.737. The Hall–Kier alpha value is -1.08. The van der Waals surface area contributed by atoms with Crippen LogP contribution in [0.3, 0.4) is 0 Å². The number of rotatable bonds is 10. The van der Waals surface area contributed by atoms with Crippen LogP contribution in [0.4, 0.5) is 0 Å². The monoisotopic (exact) mass is 246 g/mol. The van der Waals surface area contributed by atoms with Crippen LogP contribution >= 0.6 is 0 Å². The second kappa shape index (κ2) is 11.0. The second-order valence-electron chi connectivity index (χ2n) is 4.65. The van der Waals surface area contributed by atoms with E-state index >= 15 is 0 Å². The van der Waals surface area contributed by atoms with Gasteiger partial charge in [-0.1, -0.05) is 62.2 Å². The molecular weight excluding hydrogens is 220 g/mol. The predicted molar refractivity (Wildman–Crippen MR) is 78.6 cm³/mol.